The minimum absolute atomic E-state index is 0.136. The number of piperidine rings is 1. The summed E-state index contributed by atoms with van der Waals surface area (Å²) in [6, 6.07) is 11.4. The summed E-state index contributed by atoms with van der Waals surface area (Å²) in [6.45, 7) is 2.81. The summed E-state index contributed by atoms with van der Waals surface area (Å²) in [5.74, 6) is 0.810. The zero-order valence-corrected chi connectivity index (χ0v) is 15.6. The Morgan fingerprint density at radius 2 is 1.89 bits per heavy atom. The highest BCUT2D eigenvalue weighted by Gasteiger charge is 2.42. The molecule has 7 heteroatoms. The third-order valence-electron chi connectivity index (χ3n) is 5.92. The summed E-state index contributed by atoms with van der Waals surface area (Å²) >= 11 is 0. The first kappa shape index (κ1) is 17.2. The van der Waals surface area contributed by atoms with Gasteiger partial charge in [-0.15, -0.1) is 0 Å². The smallest absolute Gasteiger partial charge is 0.170 e. The Morgan fingerprint density at radius 3 is 2.75 bits per heavy atom. The average molecular weight is 378 g/mol. The van der Waals surface area contributed by atoms with E-state index in [-0.39, 0.29) is 11.4 Å². The van der Waals surface area contributed by atoms with Gasteiger partial charge in [-0.3, -0.25) is 4.79 Å². The van der Waals surface area contributed by atoms with Gasteiger partial charge in [-0.05, 0) is 52.6 Å². The predicted molar refractivity (Wildman–Crippen MR) is 104 cm³/mol. The number of Topliss-reactive ketones (excluding diaryl/α,β-unsaturated/α-hetero) is 1. The lowest BCUT2D eigenvalue weighted by Crippen LogP contribution is -2.51. The zero-order chi connectivity index (χ0) is 19.1. The number of likely N-dealkylation sites (tertiary alicyclic amines) is 1. The minimum Gasteiger partial charge on any atom is -0.486 e. The third kappa shape index (κ3) is 3.11. The highest BCUT2D eigenvalue weighted by Crippen LogP contribution is 2.39. The van der Waals surface area contributed by atoms with Crippen molar-refractivity contribution in [3.05, 3.63) is 47.5 Å². The number of carbonyl (C=O) groups is 1. The molecule has 1 aromatic heterocycles. The van der Waals surface area contributed by atoms with E-state index in [4.69, 9.17) is 15.1 Å². The Labute approximate surface area is 162 Å². The van der Waals surface area contributed by atoms with E-state index >= 15 is 0 Å². The third-order valence-corrected chi connectivity index (χ3v) is 5.92. The molecule has 28 heavy (non-hydrogen) atoms. The fourth-order valence-corrected chi connectivity index (χ4v) is 4.25. The number of anilines is 1. The van der Waals surface area contributed by atoms with E-state index in [2.05, 4.69) is 21.3 Å². The van der Waals surface area contributed by atoms with Gasteiger partial charge >= 0.3 is 0 Å². The SMILES string of the molecule is Nc1ccc2c(c1)C(=O)CC1(CCN(CCc3ccc4nonc4c3)CC1)O2. The summed E-state index contributed by atoms with van der Waals surface area (Å²) in [7, 11) is 0. The molecule has 1 fully saturated rings. The van der Waals surface area contributed by atoms with Gasteiger partial charge in [-0.1, -0.05) is 6.07 Å². The van der Waals surface area contributed by atoms with Crippen molar-refractivity contribution < 1.29 is 14.2 Å². The maximum atomic E-state index is 12.6. The van der Waals surface area contributed by atoms with Crippen LogP contribution in [0.15, 0.2) is 41.0 Å². The van der Waals surface area contributed by atoms with Crippen molar-refractivity contribution in [3.8, 4) is 5.75 Å². The number of ketones is 1. The topological polar surface area (TPSA) is 94.5 Å². The molecule has 2 aromatic carbocycles. The number of hydrogen-bond acceptors (Lipinski definition) is 7. The standard InChI is InChI=1S/C21H22N4O3/c22-15-2-4-20-16(12-15)19(26)13-21(27-20)6-9-25(10-7-21)8-5-14-1-3-17-18(11-14)24-28-23-17/h1-4,11-12H,5-10,13,22H2. The molecule has 0 radical (unpaired) electrons. The molecule has 0 saturated carbocycles. The summed E-state index contributed by atoms with van der Waals surface area (Å²) in [5, 5.41) is 7.75. The molecular weight excluding hydrogens is 356 g/mol. The second kappa shape index (κ2) is 6.60. The van der Waals surface area contributed by atoms with Crippen LogP contribution in [0.25, 0.3) is 11.0 Å². The number of carbonyl (C=O) groups excluding carboxylic acids is 1. The van der Waals surface area contributed by atoms with Crippen LogP contribution in [0.1, 0.15) is 35.2 Å². The number of nitrogens with zero attached hydrogens (tertiary/aromatic N) is 3. The molecule has 0 unspecified atom stereocenters. The number of ether oxygens (including phenoxy) is 1. The Bertz CT molecular complexity index is 1040. The Balaban J connectivity index is 1.21. The molecule has 0 amide bonds. The van der Waals surface area contributed by atoms with Gasteiger partial charge < -0.3 is 15.4 Å². The normalized spacial score (nSPS) is 18.9. The zero-order valence-electron chi connectivity index (χ0n) is 15.6. The van der Waals surface area contributed by atoms with E-state index in [0.717, 1.165) is 49.9 Å². The Hall–Kier alpha value is -2.93. The number of hydrogen-bond donors (Lipinski definition) is 1. The first-order chi connectivity index (χ1) is 13.6. The molecule has 3 heterocycles. The van der Waals surface area contributed by atoms with Gasteiger partial charge in [0.15, 0.2) is 5.78 Å². The minimum atomic E-state index is -0.373. The van der Waals surface area contributed by atoms with Gasteiger partial charge in [-0.25, -0.2) is 4.63 Å². The van der Waals surface area contributed by atoms with Crippen molar-refractivity contribution in [1.29, 1.82) is 0 Å². The lowest BCUT2D eigenvalue weighted by atomic mass is 9.82. The van der Waals surface area contributed by atoms with E-state index < -0.39 is 0 Å². The van der Waals surface area contributed by atoms with Gasteiger partial charge in [0.1, 0.15) is 22.4 Å². The molecule has 0 bridgehead atoms. The van der Waals surface area contributed by atoms with Gasteiger partial charge in [-0.2, -0.15) is 0 Å². The van der Waals surface area contributed by atoms with Crippen LogP contribution in [0.4, 0.5) is 5.69 Å². The second-order valence-corrected chi connectivity index (χ2v) is 7.82. The van der Waals surface area contributed by atoms with E-state index in [1.165, 1.54) is 5.56 Å². The van der Waals surface area contributed by atoms with Gasteiger partial charge in [0.25, 0.3) is 0 Å². The number of nitrogen functional groups attached to an aromatic ring is 1. The summed E-state index contributed by atoms with van der Waals surface area (Å²) in [5.41, 5.74) is 9.45. The van der Waals surface area contributed by atoms with Crippen LogP contribution in [-0.4, -0.2) is 46.2 Å². The molecule has 2 aliphatic heterocycles. The fourth-order valence-electron chi connectivity index (χ4n) is 4.25. The fraction of sp³-hybridized carbons (Fsp3) is 0.381. The van der Waals surface area contributed by atoms with E-state index in [1.807, 2.05) is 18.2 Å². The highest BCUT2D eigenvalue weighted by atomic mass is 16.6. The summed E-state index contributed by atoms with van der Waals surface area (Å²) in [6.07, 6.45) is 3.09. The van der Waals surface area contributed by atoms with Crippen molar-refractivity contribution in [2.45, 2.75) is 31.3 Å². The lowest BCUT2D eigenvalue weighted by molar-refractivity contribution is -0.00864. The Kier molecular flexibility index (Phi) is 4.05. The molecule has 1 spiro atoms. The molecule has 1 saturated heterocycles. The van der Waals surface area contributed by atoms with Crippen LogP contribution < -0.4 is 10.5 Å². The number of nitrogens with two attached hydrogens (primary N) is 1. The van der Waals surface area contributed by atoms with Crippen molar-refractivity contribution >= 4 is 22.5 Å². The summed E-state index contributed by atoms with van der Waals surface area (Å²) < 4.78 is 11.1. The van der Waals surface area contributed by atoms with E-state index in [1.54, 1.807) is 12.1 Å². The maximum Gasteiger partial charge on any atom is 0.170 e. The molecule has 3 aromatic rings. The quantitative estimate of drug-likeness (QED) is 0.700. The second-order valence-electron chi connectivity index (χ2n) is 7.82. The van der Waals surface area contributed by atoms with Crippen LogP contribution >= 0.6 is 0 Å². The summed E-state index contributed by atoms with van der Waals surface area (Å²) in [4.78, 5) is 15.1. The van der Waals surface area contributed by atoms with Crippen LogP contribution in [-0.2, 0) is 6.42 Å². The van der Waals surface area contributed by atoms with Gasteiger partial charge in [0, 0.05) is 38.2 Å². The number of aromatic nitrogens is 2. The number of fused-ring (bicyclic) bond motifs is 2. The van der Waals surface area contributed by atoms with Crippen LogP contribution in [0, 0.1) is 0 Å². The van der Waals surface area contributed by atoms with E-state index in [0.29, 0.717) is 23.4 Å². The highest BCUT2D eigenvalue weighted by molar-refractivity contribution is 6.01. The lowest BCUT2D eigenvalue weighted by Gasteiger charge is -2.44. The van der Waals surface area contributed by atoms with Crippen molar-refractivity contribution in [2.75, 3.05) is 25.4 Å². The molecular formula is C21H22N4O3. The molecule has 0 atom stereocenters. The first-order valence-electron chi connectivity index (χ1n) is 9.66. The average Bonchev–Trinajstić information content (AvgIpc) is 3.16. The van der Waals surface area contributed by atoms with Gasteiger partial charge in [0.2, 0.25) is 0 Å². The maximum absolute atomic E-state index is 12.6. The predicted octanol–water partition coefficient (Wildman–Crippen LogP) is 2.85. The van der Waals surface area contributed by atoms with E-state index in [9.17, 15) is 4.79 Å². The molecule has 0 aliphatic carbocycles. The van der Waals surface area contributed by atoms with Crippen LogP contribution in [0.5, 0.6) is 5.75 Å². The van der Waals surface area contributed by atoms with Crippen LogP contribution in [0.3, 0.4) is 0 Å². The molecule has 7 nitrogen and oxygen atoms in total. The first-order valence-corrected chi connectivity index (χ1v) is 9.66. The van der Waals surface area contributed by atoms with Crippen molar-refractivity contribution in [3.63, 3.8) is 0 Å². The molecule has 2 aliphatic rings. The number of benzene rings is 2. The number of rotatable bonds is 3. The molecule has 2 N–H and O–H groups in total. The Morgan fingerprint density at radius 1 is 1.07 bits per heavy atom. The van der Waals surface area contributed by atoms with Gasteiger partial charge in [0.05, 0.1) is 12.0 Å². The van der Waals surface area contributed by atoms with Crippen molar-refractivity contribution in [2.24, 2.45) is 0 Å². The monoisotopic (exact) mass is 378 g/mol. The van der Waals surface area contributed by atoms with Crippen LogP contribution in [0.2, 0.25) is 0 Å². The largest absolute Gasteiger partial charge is 0.486 e. The van der Waals surface area contributed by atoms with Crippen molar-refractivity contribution in [1.82, 2.24) is 15.2 Å². The molecule has 5 rings (SSSR count). The molecule has 144 valence electrons.